The third-order valence-corrected chi connectivity index (χ3v) is 3.15. The lowest BCUT2D eigenvalue weighted by molar-refractivity contribution is -0.384. The molecule has 1 N–H and O–H groups in total. The van der Waals surface area contributed by atoms with Crippen LogP contribution in [0.5, 0.6) is 0 Å². The predicted molar refractivity (Wildman–Crippen MR) is 78.1 cm³/mol. The molecule has 0 amide bonds. The highest BCUT2D eigenvalue weighted by Gasteiger charge is 2.22. The molecule has 0 bridgehead atoms. The normalized spacial score (nSPS) is 12.5. The zero-order valence-corrected chi connectivity index (χ0v) is 12.4. The third-order valence-electron chi connectivity index (χ3n) is 3.15. The van der Waals surface area contributed by atoms with Gasteiger partial charge in [-0.1, -0.05) is 6.07 Å². The van der Waals surface area contributed by atoms with Gasteiger partial charge < -0.3 is 14.7 Å². The number of rotatable bonds is 7. The zero-order chi connectivity index (χ0) is 15.3. The summed E-state index contributed by atoms with van der Waals surface area (Å²) in [5.74, 6) is 0. The van der Waals surface area contributed by atoms with E-state index in [0.717, 1.165) is 0 Å². The van der Waals surface area contributed by atoms with Crippen LogP contribution in [0, 0.1) is 10.1 Å². The molecule has 0 saturated heterocycles. The van der Waals surface area contributed by atoms with E-state index in [1.807, 2.05) is 18.7 Å². The molecule has 0 saturated carbocycles. The molecule has 1 rings (SSSR count). The van der Waals surface area contributed by atoms with E-state index in [1.165, 1.54) is 6.07 Å². The van der Waals surface area contributed by atoms with Crippen LogP contribution in [-0.2, 0) is 4.74 Å². The molecule has 0 spiro atoms. The average Bonchev–Trinajstić information content (AvgIpc) is 2.38. The first-order chi connectivity index (χ1) is 9.38. The second kappa shape index (κ2) is 7.21. The fraction of sp³-hybridized carbons (Fsp3) is 0.571. The van der Waals surface area contributed by atoms with E-state index in [4.69, 9.17) is 4.74 Å². The van der Waals surface area contributed by atoms with E-state index >= 15 is 0 Å². The van der Waals surface area contributed by atoms with Gasteiger partial charge in [-0.3, -0.25) is 10.1 Å². The topological polar surface area (TPSA) is 75.8 Å². The fourth-order valence-electron chi connectivity index (χ4n) is 2.04. The summed E-state index contributed by atoms with van der Waals surface area (Å²) in [4.78, 5) is 12.8. The first-order valence-corrected chi connectivity index (χ1v) is 6.60. The maximum atomic E-state index is 11.3. The SMILES string of the molecule is COCCN(c1ccc(C(C)O)cc1[N+](=O)[O-])C(C)C. The molecule has 1 unspecified atom stereocenters. The van der Waals surface area contributed by atoms with Crippen molar-refractivity contribution in [3.05, 3.63) is 33.9 Å². The maximum absolute atomic E-state index is 11.3. The molecule has 0 fully saturated rings. The molecular weight excluding hydrogens is 260 g/mol. The largest absolute Gasteiger partial charge is 0.389 e. The van der Waals surface area contributed by atoms with Crippen LogP contribution in [0.25, 0.3) is 0 Å². The number of aliphatic hydroxyl groups excluding tert-OH is 1. The van der Waals surface area contributed by atoms with Gasteiger partial charge in [-0.05, 0) is 32.4 Å². The van der Waals surface area contributed by atoms with Crippen LogP contribution < -0.4 is 4.90 Å². The molecule has 0 radical (unpaired) electrons. The number of aliphatic hydroxyl groups is 1. The van der Waals surface area contributed by atoms with Gasteiger partial charge in [-0.2, -0.15) is 0 Å². The van der Waals surface area contributed by atoms with Gasteiger partial charge in [-0.25, -0.2) is 0 Å². The molecule has 0 aromatic heterocycles. The van der Waals surface area contributed by atoms with Crippen LogP contribution >= 0.6 is 0 Å². The van der Waals surface area contributed by atoms with Crippen molar-refractivity contribution in [3.63, 3.8) is 0 Å². The molecule has 1 atom stereocenters. The predicted octanol–water partition coefficient (Wildman–Crippen LogP) is 2.51. The van der Waals surface area contributed by atoms with Crippen LogP contribution in [0.2, 0.25) is 0 Å². The molecule has 20 heavy (non-hydrogen) atoms. The van der Waals surface area contributed by atoms with E-state index in [9.17, 15) is 15.2 Å². The highest BCUT2D eigenvalue weighted by atomic mass is 16.6. The Balaban J connectivity index is 3.22. The Morgan fingerprint density at radius 1 is 1.40 bits per heavy atom. The summed E-state index contributed by atoms with van der Waals surface area (Å²) in [6.07, 6.45) is -0.728. The number of hydrogen-bond acceptors (Lipinski definition) is 5. The Morgan fingerprint density at radius 2 is 2.05 bits per heavy atom. The minimum Gasteiger partial charge on any atom is -0.389 e. The number of ether oxygens (including phenoxy) is 1. The smallest absolute Gasteiger partial charge is 0.292 e. The molecule has 6 nitrogen and oxygen atoms in total. The summed E-state index contributed by atoms with van der Waals surface area (Å²) in [5.41, 5.74) is 1.09. The van der Waals surface area contributed by atoms with Crippen LogP contribution in [-0.4, -0.2) is 36.3 Å². The second-order valence-corrected chi connectivity index (χ2v) is 4.96. The third kappa shape index (κ3) is 3.91. The highest BCUT2D eigenvalue weighted by Crippen LogP contribution is 2.32. The number of methoxy groups -OCH3 is 1. The van der Waals surface area contributed by atoms with Gasteiger partial charge in [0.25, 0.3) is 5.69 Å². The molecule has 1 aromatic carbocycles. The Hall–Kier alpha value is -1.66. The van der Waals surface area contributed by atoms with E-state index < -0.39 is 11.0 Å². The molecule has 0 aliphatic carbocycles. The molecule has 0 heterocycles. The van der Waals surface area contributed by atoms with Gasteiger partial charge in [0.2, 0.25) is 0 Å². The molecule has 6 heteroatoms. The minimum absolute atomic E-state index is 0.00760. The number of nitro benzene ring substituents is 1. The Labute approximate surface area is 119 Å². The Morgan fingerprint density at radius 3 is 2.50 bits per heavy atom. The summed E-state index contributed by atoms with van der Waals surface area (Å²) in [6, 6.07) is 4.95. The number of nitro groups is 1. The van der Waals surface area contributed by atoms with E-state index in [2.05, 4.69) is 0 Å². The van der Waals surface area contributed by atoms with Gasteiger partial charge in [0, 0.05) is 25.8 Å². The Kier molecular flexibility index (Phi) is 5.91. The minimum atomic E-state index is -0.728. The number of anilines is 1. The summed E-state index contributed by atoms with van der Waals surface area (Å²) in [6.45, 7) is 6.60. The zero-order valence-electron chi connectivity index (χ0n) is 12.4. The van der Waals surface area contributed by atoms with Crippen molar-refractivity contribution in [2.75, 3.05) is 25.2 Å². The number of nitrogens with zero attached hydrogens (tertiary/aromatic N) is 2. The van der Waals surface area contributed by atoms with Crippen LogP contribution in [0.4, 0.5) is 11.4 Å². The molecular formula is C14H22N2O4. The van der Waals surface area contributed by atoms with Gasteiger partial charge in [0.15, 0.2) is 0 Å². The second-order valence-electron chi connectivity index (χ2n) is 4.96. The summed E-state index contributed by atoms with van der Waals surface area (Å²) in [7, 11) is 1.60. The van der Waals surface area contributed by atoms with Crippen molar-refractivity contribution in [3.8, 4) is 0 Å². The average molecular weight is 282 g/mol. The quantitative estimate of drug-likeness (QED) is 0.614. The molecule has 0 aliphatic rings. The molecule has 1 aromatic rings. The lowest BCUT2D eigenvalue weighted by atomic mass is 10.1. The fourth-order valence-corrected chi connectivity index (χ4v) is 2.04. The van der Waals surface area contributed by atoms with Crippen molar-refractivity contribution in [1.29, 1.82) is 0 Å². The van der Waals surface area contributed by atoms with Crippen LogP contribution in [0.1, 0.15) is 32.4 Å². The highest BCUT2D eigenvalue weighted by molar-refractivity contribution is 5.65. The van der Waals surface area contributed by atoms with Gasteiger partial charge in [-0.15, -0.1) is 0 Å². The number of hydrogen-bond donors (Lipinski definition) is 1. The summed E-state index contributed by atoms with van der Waals surface area (Å²) in [5, 5.41) is 20.8. The van der Waals surface area contributed by atoms with Gasteiger partial charge in [0.05, 0.1) is 17.6 Å². The lowest BCUT2D eigenvalue weighted by Crippen LogP contribution is -2.34. The van der Waals surface area contributed by atoms with Crippen molar-refractivity contribution in [2.24, 2.45) is 0 Å². The molecule has 112 valence electrons. The standard InChI is InChI=1S/C14H22N2O4/c1-10(2)15(7-8-20-4)13-6-5-12(11(3)17)9-14(13)16(18)19/h5-6,9-11,17H,7-8H2,1-4H3. The first-order valence-electron chi connectivity index (χ1n) is 6.60. The lowest BCUT2D eigenvalue weighted by Gasteiger charge is -2.28. The van der Waals surface area contributed by atoms with E-state index in [1.54, 1.807) is 26.2 Å². The molecule has 0 aliphatic heterocycles. The van der Waals surface area contributed by atoms with Crippen molar-refractivity contribution in [1.82, 2.24) is 0 Å². The van der Waals surface area contributed by atoms with E-state index in [0.29, 0.717) is 24.4 Å². The van der Waals surface area contributed by atoms with E-state index in [-0.39, 0.29) is 11.7 Å². The van der Waals surface area contributed by atoms with Crippen molar-refractivity contribution in [2.45, 2.75) is 32.9 Å². The van der Waals surface area contributed by atoms with Gasteiger partial charge in [0.1, 0.15) is 5.69 Å². The maximum Gasteiger partial charge on any atom is 0.292 e. The summed E-state index contributed by atoms with van der Waals surface area (Å²) < 4.78 is 5.05. The van der Waals surface area contributed by atoms with Crippen molar-refractivity contribution < 1.29 is 14.8 Å². The summed E-state index contributed by atoms with van der Waals surface area (Å²) >= 11 is 0. The van der Waals surface area contributed by atoms with Crippen molar-refractivity contribution >= 4 is 11.4 Å². The number of benzene rings is 1. The van der Waals surface area contributed by atoms with Gasteiger partial charge >= 0.3 is 0 Å². The van der Waals surface area contributed by atoms with Crippen LogP contribution in [0.3, 0.4) is 0 Å². The Bertz CT molecular complexity index is 460. The monoisotopic (exact) mass is 282 g/mol. The van der Waals surface area contributed by atoms with Crippen LogP contribution in [0.15, 0.2) is 18.2 Å². The first kappa shape index (κ1) is 16.4.